The number of nitriles is 1. The maximum Gasteiger partial charge on any atom is 0.179 e. The topological polar surface area (TPSA) is 40.9 Å². The molecule has 2 heteroatoms. The number of rotatable bonds is 5. The van der Waals surface area contributed by atoms with Gasteiger partial charge in [-0.25, -0.2) is 0 Å². The van der Waals surface area contributed by atoms with E-state index in [0.29, 0.717) is 12.0 Å². The molecule has 1 unspecified atom stereocenters. The van der Waals surface area contributed by atoms with Gasteiger partial charge < -0.3 is 0 Å². The SMILES string of the molecule is CCCC(C#N)C(=O)c1ccc(CC)cc1. The lowest BCUT2D eigenvalue weighted by Gasteiger charge is -2.07. The van der Waals surface area contributed by atoms with Gasteiger partial charge in [0.2, 0.25) is 0 Å². The van der Waals surface area contributed by atoms with Crippen LogP contribution in [0.25, 0.3) is 0 Å². The Labute approximate surface area is 96.9 Å². The first kappa shape index (κ1) is 12.4. The Morgan fingerprint density at radius 3 is 2.38 bits per heavy atom. The van der Waals surface area contributed by atoms with Crippen LogP contribution >= 0.6 is 0 Å². The summed E-state index contributed by atoms with van der Waals surface area (Å²) in [7, 11) is 0. The summed E-state index contributed by atoms with van der Waals surface area (Å²) in [6.45, 7) is 4.06. The molecule has 0 aromatic heterocycles. The highest BCUT2D eigenvalue weighted by molar-refractivity contribution is 5.99. The van der Waals surface area contributed by atoms with Crippen molar-refractivity contribution < 1.29 is 4.79 Å². The largest absolute Gasteiger partial charge is 0.293 e. The highest BCUT2D eigenvalue weighted by Gasteiger charge is 2.18. The summed E-state index contributed by atoms with van der Waals surface area (Å²) < 4.78 is 0. The maximum atomic E-state index is 11.9. The van der Waals surface area contributed by atoms with Gasteiger partial charge >= 0.3 is 0 Å². The maximum absolute atomic E-state index is 11.9. The number of nitrogens with zero attached hydrogens (tertiary/aromatic N) is 1. The second-order valence-corrected chi connectivity index (χ2v) is 3.89. The summed E-state index contributed by atoms with van der Waals surface area (Å²) in [5, 5.41) is 8.92. The first-order valence-corrected chi connectivity index (χ1v) is 5.75. The van der Waals surface area contributed by atoms with Crippen LogP contribution in [0.2, 0.25) is 0 Å². The van der Waals surface area contributed by atoms with Crippen molar-refractivity contribution in [2.24, 2.45) is 5.92 Å². The third-order valence-corrected chi connectivity index (χ3v) is 2.70. The number of hydrogen-bond donors (Lipinski definition) is 0. The molecule has 0 heterocycles. The standard InChI is InChI=1S/C14H17NO/c1-3-5-13(10-15)14(16)12-8-6-11(4-2)7-9-12/h6-9,13H,3-5H2,1-2H3. The van der Waals surface area contributed by atoms with Gasteiger partial charge in [-0.1, -0.05) is 44.5 Å². The van der Waals surface area contributed by atoms with Crippen LogP contribution in [0.15, 0.2) is 24.3 Å². The Balaban J connectivity index is 2.83. The number of Topliss-reactive ketones (excluding diaryl/α,β-unsaturated/α-hetero) is 1. The Hall–Kier alpha value is -1.62. The van der Waals surface area contributed by atoms with E-state index in [-0.39, 0.29) is 5.78 Å². The molecule has 16 heavy (non-hydrogen) atoms. The number of aryl methyl sites for hydroxylation is 1. The zero-order valence-electron chi connectivity index (χ0n) is 9.86. The third kappa shape index (κ3) is 2.93. The Morgan fingerprint density at radius 1 is 1.31 bits per heavy atom. The molecular formula is C14H17NO. The summed E-state index contributed by atoms with van der Waals surface area (Å²) in [6, 6.07) is 9.63. The van der Waals surface area contributed by atoms with Crippen molar-refractivity contribution in [2.75, 3.05) is 0 Å². The average molecular weight is 215 g/mol. The van der Waals surface area contributed by atoms with E-state index in [2.05, 4.69) is 13.0 Å². The molecule has 1 aromatic rings. The second kappa shape index (κ2) is 6.07. The number of carbonyl (C=O) groups excluding carboxylic acids is 1. The van der Waals surface area contributed by atoms with Gasteiger partial charge in [-0.2, -0.15) is 5.26 Å². The van der Waals surface area contributed by atoms with Crippen LogP contribution in [0, 0.1) is 17.2 Å². The first-order chi connectivity index (χ1) is 7.72. The van der Waals surface area contributed by atoms with E-state index in [0.717, 1.165) is 12.8 Å². The zero-order valence-corrected chi connectivity index (χ0v) is 9.86. The highest BCUT2D eigenvalue weighted by Crippen LogP contribution is 2.14. The second-order valence-electron chi connectivity index (χ2n) is 3.89. The van der Waals surface area contributed by atoms with E-state index < -0.39 is 5.92 Å². The smallest absolute Gasteiger partial charge is 0.179 e. The fourth-order valence-corrected chi connectivity index (χ4v) is 1.65. The van der Waals surface area contributed by atoms with Crippen molar-refractivity contribution in [3.8, 4) is 6.07 Å². The quantitative estimate of drug-likeness (QED) is 0.706. The van der Waals surface area contributed by atoms with Crippen molar-refractivity contribution >= 4 is 5.78 Å². The summed E-state index contributed by atoms with van der Waals surface area (Å²) in [5.41, 5.74) is 1.86. The zero-order chi connectivity index (χ0) is 12.0. The van der Waals surface area contributed by atoms with Gasteiger partial charge in [0.15, 0.2) is 5.78 Å². The Morgan fingerprint density at radius 2 is 1.94 bits per heavy atom. The normalized spacial score (nSPS) is 11.8. The summed E-state index contributed by atoms with van der Waals surface area (Å²) >= 11 is 0. The minimum absolute atomic E-state index is 0.0491. The van der Waals surface area contributed by atoms with Crippen molar-refractivity contribution in [3.63, 3.8) is 0 Å². The molecule has 0 radical (unpaired) electrons. The first-order valence-electron chi connectivity index (χ1n) is 5.75. The van der Waals surface area contributed by atoms with Crippen LogP contribution in [-0.2, 0) is 6.42 Å². The fourth-order valence-electron chi connectivity index (χ4n) is 1.65. The van der Waals surface area contributed by atoms with Gasteiger partial charge in [0.25, 0.3) is 0 Å². The van der Waals surface area contributed by atoms with Gasteiger partial charge in [-0.05, 0) is 18.4 Å². The van der Waals surface area contributed by atoms with Crippen LogP contribution < -0.4 is 0 Å². The fraction of sp³-hybridized carbons (Fsp3) is 0.429. The molecular weight excluding hydrogens is 198 g/mol. The van der Waals surface area contributed by atoms with Crippen LogP contribution in [0.5, 0.6) is 0 Å². The average Bonchev–Trinajstić information content (AvgIpc) is 2.35. The molecule has 84 valence electrons. The molecule has 0 saturated heterocycles. The monoisotopic (exact) mass is 215 g/mol. The molecule has 0 saturated carbocycles. The van der Waals surface area contributed by atoms with Gasteiger partial charge in [0.1, 0.15) is 5.92 Å². The van der Waals surface area contributed by atoms with Gasteiger partial charge in [-0.15, -0.1) is 0 Å². The number of carbonyl (C=O) groups is 1. The predicted molar refractivity (Wildman–Crippen MR) is 64.2 cm³/mol. The summed E-state index contributed by atoms with van der Waals surface area (Å²) in [5.74, 6) is -0.538. The predicted octanol–water partition coefficient (Wildman–Crippen LogP) is 3.37. The molecule has 0 amide bonds. The van der Waals surface area contributed by atoms with Gasteiger partial charge in [-0.3, -0.25) is 4.79 Å². The van der Waals surface area contributed by atoms with Crippen LogP contribution in [0.4, 0.5) is 0 Å². The number of benzene rings is 1. The van der Waals surface area contributed by atoms with E-state index in [9.17, 15) is 4.79 Å². The summed E-state index contributed by atoms with van der Waals surface area (Å²) in [4.78, 5) is 11.9. The molecule has 0 fully saturated rings. The summed E-state index contributed by atoms with van der Waals surface area (Å²) in [6.07, 6.45) is 2.47. The van der Waals surface area contributed by atoms with E-state index in [1.54, 1.807) is 0 Å². The minimum Gasteiger partial charge on any atom is -0.293 e. The van der Waals surface area contributed by atoms with Crippen molar-refractivity contribution in [1.29, 1.82) is 5.26 Å². The molecule has 0 aliphatic rings. The number of hydrogen-bond acceptors (Lipinski definition) is 2. The molecule has 0 aliphatic carbocycles. The molecule has 1 rings (SSSR count). The van der Waals surface area contributed by atoms with Crippen LogP contribution in [0.3, 0.4) is 0 Å². The van der Waals surface area contributed by atoms with Crippen molar-refractivity contribution in [1.82, 2.24) is 0 Å². The van der Waals surface area contributed by atoms with E-state index in [4.69, 9.17) is 5.26 Å². The van der Waals surface area contributed by atoms with Crippen LogP contribution in [-0.4, -0.2) is 5.78 Å². The lowest BCUT2D eigenvalue weighted by atomic mass is 9.94. The lowest BCUT2D eigenvalue weighted by Crippen LogP contribution is -2.12. The van der Waals surface area contributed by atoms with E-state index >= 15 is 0 Å². The van der Waals surface area contributed by atoms with E-state index in [1.165, 1.54) is 5.56 Å². The highest BCUT2D eigenvalue weighted by atomic mass is 16.1. The Bertz CT molecular complexity index is 386. The molecule has 0 N–H and O–H groups in total. The molecule has 2 nitrogen and oxygen atoms in total. The van der Waals surface area contributed by atoms with Gasteiger partial charge in [0, 0.05) is 5.56 Å². The van der Waals surface area contributed by atoms with E-state index in [1.807, 2.05) is 31.2 Å². The lowest BCUT2D eigenvalue weighted by molar-refractivity contribution is 0.0943. The number of ketones is 1. The van der Waals surface area contributed by atoms with Crippen LogP contribution in [0.1, 0.15) is 42.6 Å². The minimum atomic E-state index is -0.488. The van der Waals surface area contributed by atoms with Crippen molar-refractivity contribution in [3.05, 3.63) is 35.4 Å². The molecule has 1 atom stereocenters. The molecule has 0 aliphatic heterocycles. The molecule has 0 spiro atoms. The third-order valence-electron chi connectivity index (χ3n) is 2.70. The van der Waals surface area contributed by atoms with Crippen molar-refractivity contribution in [2.45, 2.75) is 33.1 Å². The molecule has 1 aromatic carbocycles. The Kier molecular flexibility index (Phi) is 4.72. The molecule has 0 bridgehead atoms. The van der Waals surface area contributed by atoms with Gasteiger partial charge in [0.05, 0.1) is 6.07 Å².